The minimum Gasteiger partial charge on any atom is -0.368 e. The van der Waals surface area contributed by atoms with E-state index in [0.29, 0.717) is 18.0 Å². The standard InChI is InChI=1S/C17H14ClF3N6O/c1-9-2-4-11(5-3-9)23-16-25-13(24-15(22)26-16)8-27-7-10(17(19,20)21)6-12(18)14(27)28/h2-7H,8H2,1H3,(H3,22,23,24,25,26). The second-order valence-electron chi connectivity index (χ2n) is 5.93. The second kappa shape index (κ2) is 7.47. The maximum Gasteiger partial charge on any atom is 0.417 e. The molecule has 0 spiro atoms. The van der Waals surface area contributed by atoms with Crippen LogP contribution in [0.15, 0.2) is 41.3 Å². The number of hydrogen-bond donors (Lipinski definition) is 2. The van der Waals surface area contributed by atoms with Crippen molar-refractivity contribution in [3.05, 3.63) is 68.9 Å². The highest BCUT2D eigenvalue weighted by Crippen LogP contribution is 2.29. The molecular formula is C17H14ClF3N6O. The Hall–Kier alpha value is -3.14. The van der Waals surface area contributed by atoms with Crippen LogP contribution in [0.25, 0.3) is 0 Å². The van der Waals surface area contributed by atoms with Gasteiger partial charge in [-0.05, 0) is 25.1 Å². The van der Waals surface area contributed by atoms with Crippen LogP contribution in [-0.2, 0) is 12.7 Å². The Morgan fingerprint density at radius 1 is 1.18 bits per heavy atom. The van der Waals surface area contributed by atoms with Gasteiger partial charge in [0.05, 0.1) is 12.1 Å². The fourth-order valence-electron chi connectivity index (χ4n) is 2.35. The Morgan fingerprint density at radius 3 is 2.50 bits per heavy atom. The molecule has 0 fully saturated rings. The van der Waals surface area contributed by atoms with Gasteiger partial charge in [-0.2, -0.15) is 28.1 Å². The van der Waals surface area contributed by atoms with Crippen LogP contribution >= 0.6 is 11.6 Å². The molecule has 0 radical (unpaired) electrons. The number of halogens is 4. The number of aryl methyl sites for hydroxylation is 1. The minimum absolute atomic E-state index is 0.000368. The summed E-state index contributed by atoms with van der Waals surface area (Å²) in [5.41, 5.74) is 5.54. The number of hydrogen-bond acceptors (Lipinski definition) is 6. The van der Waals surface area contributed by atoms with Crippen LogP contribution in [0.5, 0.6) is 0 Å². The van der Waals surface area contributed by atoms with Crippen molar-refractivity contribution in [3.8, 4) is 0 Å². The fraction of sp³-hybridized carbons (Fsp3) is 0.176. The molecule has 0 amide bonds. The molecule has 3 N–H and O–H groups in total. The fourth-order valence-corrected chi connectivity index (χ4v) is 2.58. The summed E-state index contributed by atoms with van der Waals surface area (Å²) in [5, 5.41) is 2.36. The van der Waals surface area contributed by atoms with E-state index in [0.717, 1.165) is 10.1 Å². The smallest absolute Gasteiger partial charge is 0.368 e. The summed E-state index contributed by atoms with van der Waals surface area (Å²) in [6.07, 6.45) is -4.00. The topological polar surface area (TPSA) is 98.7 Å². The van der Waals surface area contributed by atoms with Gasteiger partial charge in [0, 0.05) is 11.9 Å². The molecule has 0 saturated carbocycles. The van der Waals surface area contributed by atoms with E-state index >= 15 is 0 Å². The third-order valence-electron chi connectivity index (χ3n) is 3.69. The molecule has 146 valence electrons. The number of benzene rings is 1. The molecule has 28 heavy (non-hydrogen) atoms. The van der Waals surface area contributed by atoms with Crippen molar-refractivity contribution >= 4 is 29.2 Å². The van der Waals surface area contributed by atoms with Crippen molar-refractivity contribution in [3.63, 3.8) is 0 Å². The zero-order valence-corrected chi connectivity index (χ0v) is 15.2. The van der Waals surface area contributed by atoms with Gasteiger partial charge in [-0.15, -0.1) is 0 Å². The van der Waals surface area contributed by atoms with Gasteiger partial charge in [0.25, 0.3) is 5.56 Å². The molecule has 3 rings (SSSR count). The molecule has 7 nitrogen and oxygen atoms in total. The number of anilines is 3. The number of nitrogens with one attached hydrogen (secondary N) is 1. The maximum atomic E-state index is 13.0. The highest BCUT2D eigenvalue weighted by Gasteiger charge is 2.32. The van der Waals surface area contributed by atoms with E-state index in [9.17, 15) is 18.0 Å². The molecule has 0 bridgehead atoms. The monoisotopic (exact) mass is 410 g/mol. The van der Waals surface area contributed by atoms with Crippen LogP contribution in [0.2, 0.25) is 5.02 Å². The Kier molecular flexibility index (Phi) is 5.23. The molecule has 0 saturated heterocycles. The molecule has 2 aromatic heterocycles. The van der Waals surface area contributed by atoms with E-state index in [2.05, 4.69) is 20.3 Å². The lowest BCUT2D eigenvalue weighted by Crippen LogP contribution is -2.24. The predicted octanol–water partition coefficient (Wildman–Crippen LogP) is 3.39. The lowest BCUT2D eigenvalue weighted by atomic mass is 10.2. The number of aromatic nitrogens is 4. The van der Waals surface area contributed by atoms with Crippen molar-refractivity contribution in [2.24, 2.45) is 0 Å². The third-order valence-corrected chi connectivity index (χ3v) is 3.96. The van der Waals surface area contributed by atoms with E-state index in [-0.39, 0.29) is 24.3 Å². The van der Waals surface area contributed by atoms with Crippen LogP contribution in [0.3, 0.4) is 0 Å². The van der Waals surface area contributed by atoms with E-state index in [1.54, 1.807) is 12.1 Å². The van der Waals surface area contributed by atoms with Crippen molar-refractivity contribution < 1.29 is 13.2 Å². The summed E-state index contributed by atoms with van der Waals surface area (Å²) in [4.78, 5) is 24.0. The predicted molar refractivity (Wildman–Crippen MR) is 98.5 cm³/mol. The lowest BCUT2D eigenvalue weighted by Gasteiger charge is -2.12. The Balaban J connectivity index is 1.93. The quantitative estimate of drug-likeness (QED) is 0.684. The summed E-state index contributed by atoms with van der Waals surface area (Å²) >= 11 is 5.65. The first-order chi connectivity index (χ1) is 13.1. The lowest BCUT2D eigenvalue weighted by molar-refractivity contribution is -0.138. The minimum atomic E-state index is -4.66. The molecule has 0 aliphatic heterocycles. The largest absolute Gasteiger partial charge is 0.417 e. The van der Waals surface area contributed by atoms with Crippen LogP contribution in [-0.4, -0.2) is 19.5 Å². The van der Waals surface area contributed by atoms with Gasteiger partial charge in [-0.25, -0.2) is 0 Å². The molecular weight excluding hydrogens is 397 g/mol. The van der Waals surface area contributed by atoms with Crippen molar-refractivity contribution in [1.82, 2.24) is 19.5 Å². The first kappa shape index (κ1) is 19.6. The molecule has 0 unspecified atom stereocenters. The summed E-state index contributed by atoms with van der Waals surface area (Å²) in [7, 11) is 0. The van der Waals surface area contributed by atoms with Gasteiger partial charge in [0.2, 0.25) is 11.9 Å². The number of alkyl halides is 3. The number of pyridine rings is 1. The van der Waals surface area contributed by atoms with Crippen molar-refractivity contribution in [2.45, 2.75) is 19.6 Å². The molecule has 3 aromatic rings. The van der Waals surface area contributed by atoms with E-state index < -0.39 is 22.3 Å². The summed E-state index contributed by atoms with van der Waals surface area (Å²) < 4.78 is 39.7. The maximum absolute atomic E-state index is 13.0. The van der Waals surface area contributed by atoms with Gasteiger partial charge in [0.15, 0.2) is 5.82 Å². The average Bonchev–Trinajstić information content (AvgIpc) is 2.59. The molecule has 0 atom stereocenters. The number of nitrogen functional groups attached to an aromatic ring is 1. The first-order valence-corrected chi connectivity index (χ1v) is 8.31. The molecule has 0 aliphatic carbocycles. The Labute approximate surface area is 162 Å². The van der Waals surface area contributed by atoms with Crippen molar-refractivity contribution in [2.75, 3.05) is 11.1 Å². The third kappa shape index (κ3) is 4.58. The van der Waals surface area contributed by atoms with Crippen LogP contribution < -0.4 is 16.6 Å². The first-order valence-electron chi connectivity index (χ1n) is 7.93. The summed E-state index contributed by atoms with van der Waals surface area (Å²) in [6, 6.07) is 7.92. The van der Waals surface area contributed by atoms with Crippen LogP contribution in [0, 0.1) is 6.92 Å². The number of nitrogens with two attached hydrogens (primary N) is 1. The second-order valence-corrected chi connectivity index (χ2v) is 6.34. The zero-order valence-electron chi connectivity index (χ0n) is 14.5. The molecule has 11 heteroatoms. The Morgan fingerprint density at radius 2 is 1.86 bits per heavy atom. The average molecular weight is 411 g/mol. The molecule has 1 aromatic carbocycles. The van der Waals surface area contributed by atoms with Crippen LogP contribution in [0.4, 0.5) is 30.8 Å². The van der Waals surface area contributed by atoms with Gasteiger partial charge in [0.1, 0.15) is 5.02 Å². The van der Waals surface area contributed by atoms with Crippen LogP contribution in [0.1, 0.15) is 17.0 Å². The summed E-state index contributed by atoms with van der Waals surface area (Å²) in [5.74, 6) is -0.0530. The summed E-state index contributed by atoms with van der Waals surface area (Å²) in [6.45, 7) is 1.57. The van der Waals surface area contributed by atoms with E-state index in [1.807, 2.05) is 19.1 Å². The van der Waals surface area contributed by atoms with Crippen molar-refractivity contribution in [1.29, 1.82) is 0 Å². The Bertz CT molecular complexity index is 1070. The van der Waals surface area contributed by atoms with Gasteiger partial charge >= 0.3 is 6.18 Å². The normalized spacial score (nSPS) is 11.5. The van der Waals surface area contributed by atoms with E-state index in [4.69, 9.17) is 17.3 Å². The number of nitrogens with zero attached hydrogens (tertiary/aromatic N) is 4. The van der Waals surface area contributed by atoms with Gasteiger partial charge < -0.3 is 15.6 Å². The molecule has 2 heterocycles. The zero-order chi connectivity index (χ0) is 20.5. The highest BCUT2D eigenvalue weighted by atomic mass is 35.5. The number of rotatable bonds is 4. The van der Waals surface area contributed by atoms with E-state index in [1.165, 1.54) is 0 Å². The SMILES string of the molecule is Cc1ccc(Nc2nc(N)nc(Cn3cc(C(F)(F)F)cc(Cl)c3=O)n2)cc1. The highest BCUT2D eigenvalue weighted by molar-refractivity contribution is 6.30. The van der Waals surface area contributed by atoms with Gasteiger partial charge in [-0.1, -0.05) is 29.3 Å². The van der Waals surface area contributed by atoms with Gasteiger partial charge in [-0.3, -0.25) is 4.79 Å². The molecule has 0 aliphatic rings.